The van der Waals surface area contributed by atoms with Crippen LogP contribution in [0.1, 0.15) is 35.2 Å². The third-order valence-electron chi connectivity index (χ3n) is 3.35. The third kappa shape index (κ3) is 6.94. The van der Waals surface area contributed by atoms with Gasteiger partial charge in [-0.05, 0) is 30.9 Å². The second-order valence-corrected chi connectivity index (χ2v) is 5.12. The zero-order valence-corrected chi connectivity index (χ0v) is 13.3. The SMILES string of the molecule is O=C(O)c1ccc([N+](=O)[O-])cc1CCCC[C@@H](CO[N+](=O)[O-])O[N+](=O)[O-]. The second-order valence-electron chi connectivity index (χ2n) is 5.12. The van der Waals surface area contributed by atoms with Crippen LogP contribution in [0.15, 0.2) is 18.2 Å². The molecule has 26 heavy (non-hydrogen) atoms. The van der Waals surface area contributed by atoms with Gasteiger partial charge in [-0.15, -0.1) is 20.2 Å². The van der Waals surface area contributed by atoms with Crippen molar-refractivity contribution in [2.45, 2.75) is 31.8 Å². The van der Waals surface area contributed by atoms with Gasteiger partial charge in [0.1, 0.15) is 12.7 Å². The molecule has 1 atom stereocenters. The molecule has 1 N–H and O–H groups in total. The molecule has 0 fully saturated rings. The average molecular weight is 373 g/mol. The van der Waals surface area contributed by atoms with Crippen LogP contribution in [0.4, 0.5) is 5.69 Å². The highest BCUT2D eigenvalue weighted by Crippen LogP contribution is 2.20. The standard InChI is InChI=1S/C13H15N3O10/c17-13(18)12-6-5-10(14(19)20)7-9(12)3-1-2-4-11(26-16(23)24)8-25-15(21)22/h5-7,11H,1-4,8H2,(H,17,18)/t11-/m0/s1. The molecule has 0 saturated carbocycles. The van der Waals surface area contributed by atoms with Gasteiger partial charge in [-0.2, -0.15) is 0 Å². The molecule has 0 aliphatic carbocycles. The number of benzene rings is 1. The maximum absolute atomic E-state index is 11.2. The third-order valence-corrected chi connectivity index (χ3v) is 3.35. The van der Waals surface area contributed by atoms with Gasteiger partial charge < -0.3 is 14.8 Å². The fraction of sp³-hybridized carbons (Fsp3) is 0.462. The molecule has 0 aromatic heterocycles. The smallest absolute Gasteiger partial charge is 0.335 e. The fourth-order valence-corrected chi connectivity index (χ4v) is 2.23. The van der Waals surface area contributed by atoms with Gasteiger partial charge in [0.2, 0.25) is 0 Å². The van der Waals surface area contributed by atoms with Crippen LogP contribution >= 0.6 is 0 Å². The van der Waals surface area contributed by atoms with E-state index in [1.165, 1.54) is 0 Å². The minimum Gasteiger partial charge on any atom is -0.478 e. The van der Waals surface area contributed by atoms with Gasteiger partial charge in [-0.25, -0.2) is 4.79 Å². The molecule has 0 saturated heterocycles. The number of carbonyl (C=O) groups is 1. The number of carboxylic acid groups (broad SMARTS) is 1. The van der Waals surface area contributed by atoms with Crippen LogP contribution < -0.4 is 0 Å². The molecule has 1 rings (SSSR count). The number of carboxylic acids is 1. The molecule has 1 aromatic rings. The predicted molar refractivity (Wildman–Crippen MR) is 82.4 cm³/mol. The Morgan fingerprint density at radius 3 is 2.35 bits per heavy atom. The van der Waals surface area contributed by atoms with Crippen molar-refractivity contribution in [3.63, 3.8) is 0 Å². The summed E-state index contributed by atoms with van der Waals surface area (Å²) in [4.78, 5) is 50.1. The Kier molecular flexibility index (Phi) is 7.67. The first kappa shape index (κ1) is 20.5. The Bertz CT molecular complexity index is 693. The summed E-state index contributed by atoms with van der Waals surface area (Å²) in [5, 5.41) is 38.2. The van der Waals surface area contributed by atoms with Crippen LogP contribution in [0.5, 0.6) is 0 Å². The Labute approximate surface area is 145 Å². The van der Waals surface area contributed by atoms with Gasteiger partial charge in [-0.1, -0.05) is 6.42 Å². The summed E-state index contributed by atoms with van der Waals surface area (Å²) < 4.78 is 0. The number of nitro groups is 1. The first-order valence-corrected chi connectivity index (χ1v) is 7.29. The van der Waals surface area contributed by atoms with E-state index in [0.29, 0.717) is 12.8 Å². The molecular formula is C13H15N3O10. The molecule has 0 aliphatic heterocycles. The number of nitrogens with zero attached hydrogens (tertiary/aromatic N) is 3. The molecule has 0 radical (unpaired) electrons. The number of non-ortho nitro benzene ring substituents is 1. The lowest BCUT2D eigenvalue weighted by atomic mass is 10.00. The minimum atomic E-state index is -1.23. The Balaban J connectivity index is 2.65. The first-order chi connectivity index (χ1) is 12.2. The van der Waals surface area contributed by atoms with E-state index in [1.54, 1.807) is 0 Å². The van der Waals surface area contributed by atoms with E-state index in [1.807, 2.05) is 0 Å². The van der Waals surface area contributed by atoms with E-state index in [-0.39, 0.29) is 29.7 Å². The largest absolute Gasteiger partial charge is 0.478 e. The van der Waals surface area contributed by atoms with Crippen LogP contribution in [0.25, 0.3) is 0 Å². The van der Waals surface area contributed by atoms with Crippen LogP contribution in [-0.2, 0) is 16.1 Å². The summed E-state index contributed by atoms with van der Waals surface area (Å²) in [6, 6.07) is 3.38. The molecule has 0 heterocycles. The maximum Gasteiger partial charge on any atom is 0.335 e. The lowest BCUT2D eigenvalue weighted by Gasteiger charge is -2.13. The molecular weight excluding hydrogens is 358 g/mol. The molecule has 0 spiro atoms. The summed E-state index contributed by atoms with van der Waals surface area (Å²) in [5.74, 6) is -1.23. The van der Waals surface area contributed by atoms with E-state index >= 15 is 0 Å². The van der Waals surface area contributed by atoms with Gasteiger partial charge in [0, 0.05) is 12.1 Å². The van der Waals surface area contributed by atoms with Crippen molar-refractivity contribution in [1.82, 2.24) is 0 Å². The summed E-state index contributed by atoms with van der Waals surface area (Å²) in [6.45, 7) is -0.620. The molecule has 0 unspecified atom stereocenters. The number of rotatable bonds is 12. The van der Waals surface area contributed by atoms with Crippen LogP contribution in [-0.4, -0.2) is 38.9 Å². The molecule has 13 nitrogen and oxygen atoms in total. The number of aromatic carboxylic acids is 1. The molecule has 13 heteroatoms. The molecule has 0 amide bonds. The van der Waals surface area contributed by atoms with E-state index in [4.69, 9.17) is 5.11 Å². The number of unbranched alkanes of at least 4 members (excludes halogenated alkanes) is 1. The zero-order chi connectivity index (χ0) is 19.7. The highest BCUT2D eigenvalue weighted by molar-refractivity contribution is 5.89. The molecule has 0 aliphatic rings. The quantitative estimate of drug-likeness (QED) is 0.321. The molecule has 142 valence electrons. The molecule has 0 bridgehead atoms. The van der Waals surface area contributed by atoms with Crippen molar-refractivity contribution in [3.05, 3.63) is 59.7 Å². The van der Waals surface area contributed by atoms with Gasteiger partial charge >= 0.3 is 5.97 Å². The van der Waals surface area contributed by atoms with Gasteiger partial charge in [0.05, 0.1) is 10.5 Å². The summed E-state index contributed by atoms with van der Waals surface area (Å²) >= 11 is 0. The van der Waals surface area contributed by atoms with Crippen LogP contribution in [0.2, 0.25) is 0 Å². The predicted octanol–water partition coefficient (Wildman–Crippen LogP) is 1.79. The van der Waals surface area contributed by atoms with Crippen LogP contribution in [0.3, 0.4) is 0 Å². The second kappa shape index (κ2) is 9.71. The van der Waals surface area contributed by atoms with Gasteiger partial charge in [0.25, 0.3) is 15.9 Å². The highest BCUT2D eigenvalue weighted by Gasteiger charge is 2.17. The maximum atomic E-state index is 11.2. The van der Waals surface area contributed by atoms with Crippen molar-refractivity contribution in [1.29, 1.82) is 0 Å². The van der Waals surface area contributed by atoms with Crippen molar-refractivity contribution in [2.24, 2.45) is 0 Å². The number of hydrogen-bond donors (Lipinski definition) is 1. The monoisotopic (exact) mass is 373 g/mol. The first-order valence-electron chi connectivity index (χ1n) is 7.29. The lowest BCUT2D eigenvalue weighted by molar-refractivity contribution is -0.790. The number of aryl methyl sites for hydroxylation is 1. The number of hydrogen-bond acceptors (Lipinski definition) is 9. The van der Waals surface area contributed by atoms with Crippen molar-refractivity contribution in [2.75, 3.05) is 6.61 Å². The van der Waals surface area contributed by atoms with Crippen molar-refractivity contribution >= 4 is 11.7 Å². The van der Waals surface area contributed by atoms with Gasteiger partial charge in [-0.3, -0.25) is 10.1 Å². The highest BCUT2D eigenvalue weighted by atomic mass is 17.0. The summed E-state index contributed by atoms with van der Waals surface area (Å²) in [7, 11) is 0. The fourth-order valence-electron chi connectivity index (χ4n) is 2.23. The Morgan fingerprint density at radius 1 is 1.12 bits per heavy atom. The Morgan fingerprint density at radius 2 is 1.81 bits per heavy atom. The van der Waals surface area contributed by atoms with E-state index in [2.05, 4.69) is 9.68 Å². The van der Waals surface area contributed by atoms with Crippen molar-refractivity contribution in [3.8, 4) is 0 Å². The average Bonchev–Trinajstić information content (AvgIpc) is 2.55. The topological polar surface area (TPSA) is 185 Å². The minimum absolute atomic E-state index is 0.0478. The van der Waals surface area contributed by atoms with Gasteiger partial charge in [0.15, 0.2) is 0 Å². The van der Waals surface area contributed by atoms with E-state index < -0.39 is 33.8 Å². The lowest BCUT2D eigenvalue weighted by Crippen LogP contribution is -2.24. The zero-order valence-electron chi connectivity index (χ0n) is 13.3. The Hall–Kier alpha value is -3.51. The van der Waals surface area contributed by atoms with Crippen LogP contribution in [0, 0.1) is 30.3 Å². The summed E-state index contributed by atoms with van der Waals surface area (Å²) in [6.07, 6.45) is -0.310. The summed E-state index contributed by atoms with van der Waals surface area (Å²) in [5.41, 5.74) is -0.0793. The van der Waals surface area contributed by atoms with Crippen molar-refractivity contribution < 1.29 is 34.7 Å². The van der Waals surface area contributed by atoms with E-state index in [9.17, 15) is 35.1 Å². The number of nitro benzene ring substituents is 1. The normalized spacial score (nSPS) is 11.4. The van der Waals surface area contributed by atoms with E-state index in [0.717, 1.165) is 18.2 Å². The molecule has 1 aromatic carbocycles.